The number of carbonyl (C=O) groups excluding carboxylic acids is 1. The maximum Gasteiger partial charge on any atom is 0.240 e. The van der Waals surface area contributed by atoms with Gasteiger partial charge in [0.2, 0.25) is 5.91 Å². The zero-order chi connectivity index (χ0) is 20.4. The van der Waals surface area contributed by atoms with Crippen molar-refractivity contribution in [1.29, 1.82) is 0 Å². The second-order valence-electron chi connectivity index (χ2n) is 7.07. The van der Waals surface area contributed by atoms with E-state index in [0.29, 0.717) is 27.3 Å². The summed E-state index contributed by atoms with van der Waals surface area (Å²) in [6.07, 6.45) is 2.15. The van der Waals surface area contributed by atoms with Crippen molar-refractivity contribution in [2.75, 3.05) is 30.4 Å². The van der Waals surface area contributed by atoms with E-state index in [1.807, 2.05) is 12.1 Å². The predicted octanol–water partition coefficient (Wildman–Crippen LogP) is 4.26. The van der Waals surface area contributed by atoms with Gasteiger partial charge < -0.3 is 20.3 Å². The standard InChI is InChI=1S/C21H25Cl2N3O2/c1-13-7-8-14-5-4-6-18(21(14)25(13)2)28-12-15-16(22)9-10-17(20(15)23)26(3)19(27)11-24/h4-6,9-10,13H,7-8,11-12,24H2,1-3H3. The number of rotatable bonds is 5. The van der Waals surface area contributed by atoms with Gasteiger partial charge in [0.15, 0.2) is 0 Å². The molecule has 1 aliphatic rings. The lowest BCUT2D eigenvalue weighted by Crippen LogP contribution is -2.34. The highest BCUT2D eigenvalue weighted by molar-refractivity contribution is 6.38. The smallest absolute Gasteiger partial charge is 0.240 e. The number of hydrogen-bond acceptors (Lipinski definition) is 4. The average Bonchev–Trinajstić information content (AvgIpc) is 2.69. The Balaban J connectivity index is 1.89. The number of anilines is 2. The molecule has 7 heteroatoms. The summed E-state index contributed by atoms with van der Waals surface area (Å²) in [5.41, 5.74) is 9.05. The maximum atomic E-state index is 11.9. The van der Waals surface area contributed by atoms with Gasteiger partial charge in [-0.3, -0.25) is 4.79 Å². The quantitative estimate of drug-likeness (QED) is 0.782. The molecule has 1 heterocycles. The molecule has 0 aliphatic carbocycles. The van der Waals surface area contributed by atoms with Gasteiger partial charge >= 0.3 is 0 Å². The van der Waals surface area contributed by atoms with Gasteiger partial charge in [0.25, 0.3) is 0 Å². The number of amides is 1. The number of carbonyl (C=O) groups is 1. The molecule has 5 nitrogen and oxygen atoms in total. The van der Waals surface area contributed by atoms with E-state index < -0.39 is 0 Å². The highest BCUT2D eigenvalue weighted by atomic mass is 35.5. The van der Waals surface area contributed by atoms with Crippen LogP contribution < -0.4 is 20.3 Å². The third-order valence-electron chi connectivity index (χ3n) is 5.38. The molecule has 0 saturated carbocycles. The molecule has 28 heavy (non-hydrogen) atoms. The van der Waals surface area contributed by atoms with Crippen LogP contribution in [0.25, 0.3) is 0 Å². The minimum Gasteiger partial charge on any atom is -0.487 e. The summed E-state index contributed by atoms with van der Waals surface area (Å²) in [5.74, 6) is 0.569. The summed E-state index contributed by atoms with van der Waals surface area (Å²) in [6, 6.07) is 9.98. The molecule has 1 aliphatic heterocycles. The van der Waals surface area contributed by atoms with Gasteiger partial charge in [-0.25, -0.2) is 0 Å². The van der Waals surface area contributed by atoms with Crippen LogP contribution in [-0.2, 0) is 17.8 Å². The Morgan fingerprint density at radius 2 is 2.07 bits per heavy atom. The molecule has 0 aromatic heterocycles. The van der Waals surface area contributed by atoms with Crippen LogP contribution in [-0.4, -0.2) is 32.6 Å². The van der Waals surface area contributed by atoms with Crippen molar-refractivity contribution in [3.8, 4) is 5.75 Å². The summed E-state index contributed by atoms with van der Waals surface area (Å²) in [7, 11) is 3.72. The lowest BCUT2D eigenvalue weighted by Gasteiger charge is -2.35. The van der Waals surface area contributed by atoms with Crippen molar-refractivity contribution in [3.05, 3.63) is 51.5 Å². The number of benzene rings is 2. The third kappa shape index (κ3) is 3.93. The average molecular weight is 422 g/mol. The Morgan fingerprint density at radius 1 is 1.32 bits per heavy atom. The molecule has 2 aromatic carbocycles. The van der Waals surface area contributed by atoms with Crippen LogP contribution in [0.1, 0.15) is 24.5 Å². The zero-order valence-corrected chi connectivity index (χ0v) is 17.8. The lowest BCUT2D eigenvalue weighted by atomic mass is 9.97. The van der Waals surface area contributed by atoms with E-state index in [1.54, 1.807) is 19.2 Å². The minimum absolute atomic E-state index is 0.0953. The molecule has 1 unspecified atom stereocenters. The molecule has 0 spiro atoms. The molecule has 3 rings (SSSR count). The highest BCUT2D eigenvalue weighted by Crippen LogP contribution is 2.39. The third-order valence-corrected chi connectivity index (χ3v) is 6.15. The first-order chi connectivity index (χ1) is 13.3. The molecular weight excluding hydrogens is 397 g/mol. The number of hydrogen-bond donors (Lipinski definition) is 1. The topological polar surface area (TPSA) is 58.8 Å². The second kappa shape index (κ2) is 8.60. The van der Waals surface area contributed by atoms with Crippen LogP contribution in [0.15, 0.2) is 30.3 Å². The summed E-state index contributed by atoms with van der Waals surface area (Å²) in [6.45, 7) is 2.32. The van der Waals surface area contributed by atoms with E-state index in [1.165, 1.54) is 10.5 Å². The SMILES string of the molecule is CC1CCc2cccc(OCc3c(Cl)ccc(N(C)C(=O)CN)c3Cl)c2N1C. The Hall–Kier alpha value is -1.95. The van der Waals surface area contributed by atoms with E-state index in [4.69, 9.17) is 33.7 Å². The highest BCUT2D eigenvalue weighted by Gasteiger charge is 2.24. The number of halogens is 2. The number of para-hydroxylation sites is 1. The van der Waals surface area contributed by atoms with Crippen molar-refractivity contribution in [3.63, 3.8) is 0 Å². The molecule has 2 N–H and O–H groups in total. The van der Waals surface area contributed by atoms with Crippen LogP contribution >= 0.6 is 23.2 Å². The largest absolute Gasteiger partial charge is 0.487 e. The van der Waals surface area contributed by atoms with E-state index in [9.17, 15) is 4.79 Å². The number of nitrogens with two attached hydrogens (primary N) is 1. The maximum absolute atomic E-state index is 11.9. The fraction of sp³-hybridized carbons (Fsp3) is 0.381. The Labute approximate surface area is 176 Å². The summed E-state index contributed by atoms with van der Waals surface area (Å²) in [4.78, 5) is 15.6. The molecule has 1 atom stereocenters. The predicted molar refractivity (Wildman–Crippen MR) is 116 cm³/mol. The number of fused-ring (bicyclic) bond motifs is 1. The summed E-state index contributed by atoms with van der Waals surface area (Å²) >= 11 is 12.9. The monoisotopic (exact) mass is 421 g/mol. The van der Waals surface area contributed by atoms with Crippen molar-refractivity contribution in [1.82, 2.24) is 0 Å². The van der Waals surface area contributed by atoms with Crippen LogP contribution in [0.4, 0.5) is 11.4 Å². The van der Waals surface area contributed by atoms with Gasteiger partial charge in [-0.2, -0.15) is 0 Å². The van der Waals surface area contributed by atoms with Gasteiger partial charge in [-0.1, -0.05) is 35.3 Å². The lowest BCUT2D eigenvalue weighted by molar-refractivity contribution is -0.117. The van der Waals surface area contributed by atoms with Crippen LogP contribution in [0, 0.1) is 0 Å². The molecule has 2 aromatic rings. The van der Waals surface area contributed by atoms with Crippen LogP contribution in [0.5, 0.6) is 5.75 Å². The number of ether oxygens (including phenoxy) is 1. The van der Waals surface area contributed by atoms with Gasteiger partial charge in [-0.15, -0.1) is 0 Å². The fourth-order valence-electron chi connectivity index (χ4n) is 3.46. The van der Waals surface area contributed by atoms with Gasteiger partial charge in [0, 0.05) is 30.7 Å². The van der Waals surface area contributed by atoms with E-state index in [0.717, 1.165) is 24.3 Å². The number of likely N-dealkylation sites (N-methyl/N-ethyl adjacent to an activating group) is 1. The van der Waals surface area contributed by atoms with Gasteiger partial charge in [0.05, 0.1) is 22.9 Å². The van der Waals surface area contributed by atoms with Crippen LogP contribution in [0.3, 0.4) is 0 Å². The Morgan fingerprint density at radius 3 is 2.79 bits per heavy atom. The van der Waals surface area contributed by atoms with Crippen molar-refractivity contribution in [2.24, 2.45) is 5.73 Å². The van der Waals surface area contributed by atoms with Gasteiger partial charge in [0.1, 0.15) is 12.4 Å². The van der Waals surface area contributed by atoms with Crippen LogP contribution in [0.2, 0.25) is 10.0 Å². The molecular formula is C21H25Cl2N3O2. The first-order valence-corrected chi connectivity index (χ1v) is 10.0. The van der Waals surface area contributed by atoms with Gasteiger partial charge in [-0.05, 0) is 43.5 Å². The number of nitrogens with zero attached hydrogens (tertiary/aromatic N) is 2. The van der Waals surface area contributed by atoms with Crippen molar-refractivity contribution < 1.29 is 9.53 Å². The van der Waals surface area contributed by atoms with E-state index in [-0.39, 0.29) is 19.1 Å². The molecule has 0 radical (unpaired) electrons. The Bertz CT molecular complexity index is 888. The molecule has 0 fully saturated rings. The zero-order valence-electron chi connectivity index (χ0n) is 16.3. The first kappa shape index (κ1) is 20.8. The molecule has 150 valence electrons. The molecule has 0 saturated heterocycles. The molecule has 1 amide bonds. The number of aryl methyl sites for hydroxylation is 1. The van der Waals surface area contributed by atoms with E-state index >= 15 is 0 Å². The van der Waals surface area contributed by atoms with E-state index in [2.05, 4.69) is 24.9 Å². The molecule has 0 bridgehead atoms. The summed E-state index contributed by atoms with van der Waals surface area (Å²) in [5, 5.41) is 0.886. The first-order valence-electron chi connectivity index (χ1n) is 9.26. The van der Waals surface area contributed by atoms with Crippen molar-refractivity contribution >= 4 is 40.5 Å². The second-order valence-corrected chi connectivity index (χ2v) is 7.85. The normalized spacial score (nSPS) is 15.9. The summed E-state index contributed by atoms with van der Waals surface area (Å²) < 4.78 is 6.15. The van der Waals surface area contributed by atoms with Crippen molar-refractivity contribution in [2.45, 2.75) is 32.4 Å². The Kier molecular flexibility index (Phi) is 6.38. The minimum atomic E-state index is -0.233. The fourth-order valence-corrected chi connectivity index (χ4v) is 4.07.